The van der Waals surface area contributed by atoms with Gasteiger partial charge in [0.2, 0.25) is 0 Å². The van der Waals surface area contributed by atoms with Crippen molar-refractivity contribution in [2.45, 2.75) is 53.0 Å². The van der Waals surface area contributed by atoms with E-state index in [0.717, 1.165) is 13.0 Å². The summed E-state index contributed by atoms with van der Waals surface area (Å²) in [5.41, 5.74) is 0.350. The van der Waals surface area contributed by atoms with Crippen molar-refractivity contribution >= 4 is 9.84 Å². The van der Waals surface area contributed by atoms with E-state index in [-0.39, 0.29) is 16.7 Å². The van der Waals surface area contributed by atoms with Crippen molar-refractivity contribution < 1.29 is 8.42 Å². The third kappa shape index (κ3) is 10.4. The molecule has 1 N–H and O–H groups in total. The Morgan fingerprint density at radius 2 is 1.56 bits per heavy atom. The first-order valence-electron chi connectivity index (χ1n) is 5.84. The van der Waals surface area contributed by atoms with E-state index in [2.05, 4.69) is 39.9 Å². The lowest BCUT2D eigenvalue weighted by atomic mass is 9.82. The van der Waals surface area contributed by atoms with Crippen LogP contribution in [0.15, 0.2) is 0 Å². The topological polar surface area (TPSA) is 46.2 Å². The molecule has 4 heteroatoms. The van der Waals surface area contributed by atoms with Crippen LogP contribution in [-0.2, 0) is 9.84 Å². The van der Waals surface area contributed by atoms with Gasteiger partial charge in [0.05, 0.1) is 5.75 Å². The van der Waals surface area contributed by atoms with Gasteiger partial charge in [0.15, 0.2) is 0 Å². The number of rotatable bonds is 6. The first kappa shape index (κ1) is 15.9. The van der Waals surface area contributed by atoms with E-state index in [9.17, 15) is 8.42 Å². The fourth-order valence-corrected chi connectivity index (χ4v) is 2.82. The van der Waals surface area contributed by atoms with Gasteiger partial charge in [0.25, 0.3) is 0 Å². The van der Waals surface area contributed by atoms with Crippen molar-refractivity contribution in [2.24, 2.45) is 5.41 Å². The van der Waals surface area contributed by atoms with Gasteiger partial charge < -0.3 is 5.32 Å². The van der Waals surface area contributed by atoms with Crippen LogP contribution >= 0.6 is 0 Å². The molecule has 0 aromatic rings. The van der Waals surface area contributed by atoms with Crippen LogP contribution in [0, 0.1) is 5.41 Å². The van der Waals surface area contributed by atoms with Gasteiger partial charge in [-0.1, -0.05) is 20.8 Å². The number of hydrogen-bond acceptors (Lipinski definition) is 3. The van der Waals surface area contributed by atoms with Crippen molar-refractivity contribution in [2.75, 3.05) is 18.6 Å². The fraction of sp³-hybridized carbons (Fsp3) is 1.00. The van der Waals surface area contributed by atoms with Crippen LogP contribution in [0.25, 0.3) is 0 Å². The molecule has 0 aliphatic carbocycles. The molecular weight excluding hydrogens is 222 g/mol. The van der Waals surface area contributed by atoms with Crippen LogP contribution < -0.4 is 5.32 Å². The fourth-order valence-electron chi connectivity index (χ4n) is 2.15. The average Bonchev–Trinajstić information content (AvgIpc) is 1.91. The van der Waals surface area contributed by atoms with Gasteiger partial charge in [0, 0.05) is 11.8 Å². The van der Waals surface area contributed by atoms with Crippen molar-refractivity contribution in [3.8, 4) is 0 Å². The second-order valence-electron chi connectivity index (χ2n) is 6.53. The second-order valence-corrected chi connectivity index (χ2v) is 8.79. The zero-order valence-electron chi connectivity index (χ0n) is 11.6. The minimum absolute atomic E-state index is 0.0652. The summed E-state index contributed by atoms with van der Waals surface area (Å²) in [5, 5.41) is 3.42. The molecule has 0 unspecified atom stereocenters. The van der Waals surface area contributed by atoms with Crippen molar-refractivity contribution in [3.05, 3.63) is 0 Å². The first-order valence-corrected chi connectivity index (χ1v) is 7.90. The molecule has 0 aliphatic rings. The third-order valence-corrected chi connectivity index (χ3v) is 3.30. The molecule has 0 radical (unpaired) electrons. The second kappa shape index (κ2) is 5.50. The Labute approximate surface area is 101 Å². The Morgan fingerprint density at radius 3 is 1.94 bits per heavy atom. The van der Waals surface area contributed by atoms with E-state index in [0.29, 0.717) is 6.42 Å². The molecule has 0 atom stereocenters. The van der Waals surface area contributed by atoms with E-state index in [1.165, 1.54) is 6.26 Å². The summed E-state index contributed by atoms with van der Waals surface area (Å²) < 4.78 is 21.9. The van der Waals surface area contributed by atoms with Crippen LogP contribution in [0.2, 0.25) is 0 Å². The van der Waals surface area contributed by atoms with Crippen LogP contribution in [0.5, 0.6) is 0 Å². The van der Waals surface area contributed by atoms with Gasteiger partial charge >= 0.3 is 0 Å². The zero-order chi connectivity index (χ0) is 13.0. The molecule has 0 aromatic heterocycles. The highest BCUT2D eigenvalue weighted by Gasteiger charge is 2.24. The zero-order valence-corrected chi connectivity index (χ0v) is 12.4. The summed E-state index contributed by atoms with van der Waals surface area (Å²) >= 11 is 0. The lowest BCUT2D eigenvalue weighted by molar-refractivity contribution is 0.243. The minimum Gasteiger partial charge on any atom is -0.312 e. The highest BCUT2D eigenvalue weighted by Crippen LogP contribution is 2.26. The molecule has 0 saturated heterocycles. The minimum atomic E-state index is -2.82. The maximum Gasteiger partial charge on any atom is 0.147 e. The maximum atomic E-state index is 11.0. The lowest BCUT2D eigenvalue weighted by Gasteiger charge is -2.33. The highest BCUT2D eigenvalue weighted by molar-refractivity contribution is 7.90. The average molecular weight is 249 g/mol. The van der Waals surface area contributed by atoms with E-state index in [1.807, 2.05) is 0 Å². The van der Waals surface area contributed by atoms with Gasteiger partial charge in [-0.05, 0) is 38.6 Å². The molecule has 0 saturated carbocycles. The Hall–Kier alpha value is -0.0900. The Kier molecular flexibility index (Phi) is 5.47. The van der Waals surface area contributed by atoms with E-state index >= 15 is 0 Å². The van der Waals surface area contributed by atoms with E-state index in [1.54, 1.807) is 0 Å². The molecule has 0 heterocycles. The Balaban J connectivity index is 3.92. The normalized spacial score (nSPS) is 14.1. The number of sulfone groups is 1. The van der Waals surface area contributed by atoms with Gasteiger partial charge in [-0.25, -0.2) is 8.42 Å². The van der Waals surface area contributed by atoms with Gasteiger partial charge in [-0.15, -0.1) is 0 Å². The predicted octanol–water partition coefficient (Wildman–Crippen LogP) is 2.23. The van der Waals surface area contributed by atoms with Crippen molar-refractivity contribution in [1.82, 2.24) is 5.32 Å². The molecule has 0 spiro atoms. The molecule has 0 aromatic carbocycles. The van der Waals surface area contributed by atoms with Crippen LogP contribution in [-0.4, -0.2) is 32.5 Å². The third-order valence-electron chi connectivity index (χ3n) is 2.27. The van der Waals surface area contributed by atoms with Crippen molar-refractivity contribution in [3.63, 3.8) is 0 Å². The molecule has 0 rings (SSSR count). The predicted molar refractivity (Wildman–Crippen MR) is 70.5 cm³/mol. The largest absolute Gasteiger partial charge is 0.312 e. The summed E-state index contributed by atoms with van der Waals surface area (Å²) in [6.45, 7) is 11.7. The summed E-state index contributed by atoms with van der Waals surface area (Å²) in [5.74, 6) is 0.269. The molecule has 0 fully saturated rings. The summed E-state index contributed by atoms with van der Waals surface area (Å²) in [7, 11) is -2.82. The van der Waals surface area contributed by atoms with Crippen molar-refractivity contribution in [1.29, 1.82) is 0 Å². The van der Waals surface area contributed by atoms with Crippen LogP contribution in [0.4, 0.5) is 0 Å². The maximum absolute atomic E-state index is 11.0. The molecule has 0 aliphatic heterocycles. The molecular formula is C12H27NO2S. The number of nitrogens with one attached hydrogen (secondary N) is 1. The smallest absolute Gasteiger partial charge is 0.147 e. The SMILES string of the molecule is CC(C)(C)CC(C)(C)NCCCS(C)(=O)=O. The van der Waals surface area contributed by atoms with Gasteiger partial charge in [0.1, 0.15) is 9.84 Å². The lowest BCUT2D eigenvalue weighted by Crippen LogP contribution is -2.43. The van der Waals surface area contributed by atoms with Crippen LogP contribution in [0.1, 0.15) is 47.5 Å². The summed E-state index contributed by atoms with van der Waals surface area (Å²) in [6, 6.07) is 0. The van der Waals surface area contributed by atoms with Crippen LogP contribution in [0.3, 0.4) is 0 Å². The molecule has 0 amide bonds. The Bertz CT molecular complexity index is 299. The van der Waals surface area contributed by atoms with E-state index in [4.69, 9.17) is 0 Å². The Morgan fingerprint density at radius 1 is 1.06 bits per heavy atom. The van der Waals surface area contributed by atoms with Gasteiger partial charge in [-0.2, -0.15) is 0 Å². The standard InChI is InChI=1S/C12H27NO2S/c1-11(2,3)10-12(4,5)13-8-7-9-16(6,14)15/h13H,7-10H2,1-6H3. The molecule has 16 heavy (non-hydrogen) atoms. The quantitative estimate of drug-likeness (QED) is 0.734. The highest BCUT2D eigenvalue weighted by atomic mass is 32.2. The van der Waals surface area contributed by atoms with E-state index < -0.39 is 9.84 Å². The molecule has 0 bridgehead atoms. The number of hydrogen-bond donors (Lipinski definition) is 1. The van der Waals surface area contributed by atoms with Gasteiger partial charge in [-0.3, -0.25) is 0 Å². The molecule has 3 nitrogen and oxygen atoms in total. The monoisotopic (exact) mass is 249 g/mol. The summed E-state index contributed by atoms with van der Waals surface area (Å²) in [4.78, 5) is 0. The first-order chi connectivity index (χ1) is 6.91. The summed E-state index contributed by atoms with van der Waals surface area (Å²) in [6.07, 6.45) is 3.04. The molecule has 98 valence electrons.